The second-order valence-corrected chi connectivity index (χ2v) is 7.59. The molecule has 0 spiro atoms. The van der Waals surface area contributed by atoms with E-state index < -0.39 is 0 Å². The smallest absolute Gasteiger partial charge is 0.229 e. The normalized spacial score (nSPS) is 14.3. The van der Waals surface area contributed by atoms with Crippen LogP contribution in [0.4, 0.5) is 17.3 Å². The third-order valence-corrected chi connectivity index (χ3v) is 5.60. The van der Waals surface area contributed by atoms with E-state index in [-0.39, 0.29) is 0 Å². The maximum Gasteiger partial charge on any atom is 0.229 e. The highest BCUT2D eigenvalue weighted by molar-refractivity contribution is 6.33. The lowest BCUT2D eigenvalue weighted by molar-refractivity contribution is 0.578. The minimum atomic E-state index is 0.653. The van der Waals surface area contributed by atoms with Gasteiger partial charge < -0.3 is 10.2 Å². The van der Waals surface area contributed by atoms with Crippen molar-refractivity contribution in [2.45, 2.75) is 19.3 Å². The monoisotopic (exact) mass is 404 g/mol. The predicted octanol–water partition coefficient (Wildman–Crippen LogP) is 5.18. The maximum absolute atomic E-state index is 6.37. The van der Waals surface area contributed by atoms with Crippen LogP contribution in [-0.4, -0.2) is 32.7 Å². The molecule has 0 radical (unpaired) electrons. The molecule has 1 aliphatic heterocycles. The first-order valence-corrected chi connectivity index (χ1v) is 10.2. The van der Waals surface area contributed by atoms with E-state index in [1.165, 1.54) is 19.3 Å². The molecule has 1 aromatic carbocycles. The van der Waals surface area contributed by atoms with Gasteiger partial charge in [-0.3, -0.25) is 4.98 Å². The van der Waals surface area contributed by atoms with Gasteiger partial charge in [-0.25, -0.2) is 4.98 Å². The van der Waals surface area contributed by atoms with Crippen molar-refractivity contribution >= 4 is 34.4 Å². The summed E-state index contributed by atoms with van der Waals surface area (Å²) in [6, 6.07) is 13.7. The van der Waals surface area contributed by atoms with Crippen LogP contribution in [0.3, 0.4) is 0 Å². The van der Waals surface area contributed by atoms with Crippen molar-refractivity contribution in [1.29, 1.82) is 0 Å². The fourth-order valence-electron chi connectivity index (χ4n) is 3.80. The van der Waals surface area contributed by atoms with Gasteiger partial charge in [0.25, 0.3) is 0 Å². The lowest BCUT2D eigenvalue weighted by Crippen LogP contribution is -2.30. The van der Waals surface area contributed by atoms with Gasteiger partial charge in [0, 0.05) is 24.8 Å². The van der Waals surface area contributed by atoms with Gasteiger partial charge in [0.2, 0.25) is 5.95 Å². The van der Waals surface area contributed by atoms with Crippen LogP contribution < -0.4 is 10.2 Å². The highest BCUT2D eigenvalue weighted by atomic mass is 35.5. The standard InChI is InChI=1S/C22H21ClN6/c23-18-7-3-2-6-17(18)19-9-8-16-14-25-22(29(16)27-19)26-20-15-24-11-10-21(20)28-12-4-1-5-13-28/h2-3,6-11,14-15H,1,4-5,12-13H2,(H,25,26). The Bertz CT molecular complexity index is 1150. The number of imidazole rings is 1. The molecular formula is C22H21ClN6. The second-order valence-electron chi connectivity index (χ2n) is 7.18. The first kappa shape index (κ1) is 17.9. The molecule has 0 bridgehead atoms. The van der Waals surface area contributed by atoms with Gasteiger partial charge in [-0.15, -0.1) is 0 Å². The summed E-state index contributed by atoms with van der Waals surface area (Å²) in [5.74, 6) is 0.653. The van der Waals surface area contributed by atoms with Crippen molar-refractivity contribution in [3.05, 3.63) is 66.1 Å². The minimum absolute atomic E-state index is 0.653. The van der Waals surface area contributed by atoms with Crippen LogP contribution in [0.1, 0.15) is 19.3 Å². The predicted molar refractivity (Wildman–Crippen MR) is 117 cm³/mol. The van der Waals surface area contributed by atoms with Gasteiger partial charge in [-0.2, -0.15) is 9.61 Å². The van der Waals surface area contributed by atoms with E-state index in [0.717, 1.165) is 41.2 Å². The van der Waals surface area contributed by atoms with Crippen LogP contribution >= 0.6 is 11.6 Å². The van der Waals surface area contributed by atoms with Gasteiger partial charge in [0.05, 0.1) is 40.0 Å². The van der Waals surface area contributed by atoms with Crippen molar-refractivity contribution in [2.75, 3.05) is 23.3 Å². The van der Waals surface area contributed by atoms with Crippen molar-refractivity contribution in [3.63, 3.8) is 0 Å². The molecule has 0 atom stereocenters. The summed E-state index contributed by atoms with van der Waals surface area (Å²) in [7, 11) is 0. The maximum atomic E-state index is 6.37. The fraction of sp³-hybridized carbons (Fsp3) is 0.227. The van der Waals surface area contributed by atoms with Crippen LogP contribution in [0.2, 0.25) is 5.02 Å². The molecule has 0 saturated carbocycles. The fourth-order valence-corrected chi connectivity index (χ4v) is 4.03. The third kappa shape index (κ3) is 3.51. The molecule has 4 heterocycles. The summed E-state index contributed by atoms with van der Waals surface area (Å²) >= 11 is 6.37. The first-order valence-electron chi connectivity index (χ1n) is 9.85. The van der Waals surface area contributed by atoms with Crippen molar-refractivity contribution in [3.8, 4) is 11.3 Å². The molecule has 29 heavy (non-hydrogen) atoms. The van der Waals surface area contributed by atoms with Crippen LogP contribution in [0, 0.1) is 0 Å². The second kappa shape index (κ2) is 7.72. The number of halogens is 1. The number of benzene rings is 1. The number of pyridine rings is 1. The van der Waals surface area contributed by atoms with E-state index in [2.05, 4.69) is 26.3 Å². The average molecular weight is 405 g/mol. The Morgan fingerprint density at radius 2 is 1.79 bits per heavy atom. The Balaban J connectivity index is 1.52. The molecule has 3 aromatic heterocycles. The van der Waals surface area contributed by atoms with Crippen LogP contribution in [0.25, 0.3) is 16.8 Å². The van der Waals surface area contributed by atoms with Gasteiger partial charge in [0.1, 0.15) is 0 Å². The molecule has 5 rings (SSSR count). The van der Waals surface area contributed by atoms with Crippen LogP contribution in [0.15, 0.2) is 61.1 Å². The highest BCUT2D eigenvalue weighted by Crippen LogP contribution is 2.31. The number of rotatable bonds is 4. The number of hydrogen-bond donors (Lipinski definition) is 1. The molecule has 4 aromatic rings. The van der Waals surface area contributed by atoms with Crippen molar-refractivity contribution < 1.29 is 0 Å². The Kier molecular flexibility index (Phi) is 4.77. The zero-order valence-corrected chi connectivity index (χ0v) is 16.7. The largest absolute Gasteiger partial charge is 0.370 e. The summed E-state index contributed by atoms with van der Waals surface area (Å²) in [5.41, 5.74) is 4.69. The molecule has 7 heteroatoms. The van der Waals surface area contributed by atoms with Gasteiger partial charge >= 0.3 is 0 Å². The number of anilines is 3. The molecular weight excluding hydrogens is 384 g/mol. The Morgan fingerprint density at radius 1 is 0.931 bits per heavy atom. The van der Waals surface area contributed by atoms with E-state index in [1.807, 2.05) is 59.5 Å². The zero-order chi connectivity index (χ0) is 19.6. The molecule has 0 unspecified atom stereocenters. The molecule has 1 saturated heterocycles. The van der Waals surface area contributed by atoms with E-state index in [1.54, 1.807) is 0 Å². The van der Waals surface area contributed by atoms with Crippen LogP contribution in [-0.2, 0) is 0 Å². The molecule has 0 amide bonds. The molecule has 146 valence electrons. The number of nitrogens with one attached hydrogen (secondary N) is 1. The third-order valence-electron chi connectivity index (χ3n) is 5.28. The number of aromatic nitrogens is 4. The summed E-state index contributed by atoms with van der Waals surface area (Å²) < 4.78 is 1.81. The Hall–Kier alpha value is -3.12. The lowest BCUT2D eigenvalue weighted by atomic mass is 10.1. The molecule has 1 N–H and O–H groups in total. The highest BCUT2D eigenvalue weighted by Gasteiger charge is 2.16. The quantitative estimate of drug-likeness (QED) is 0.508. The van der Waals surface area contributed by atoms with E-state index in [4.69, 9.17) is 16.7 Å². The van der Waals surface area contributed by atoms with Crippen molar-refractivity contribution in [2.24, 2.45) is 0 Å². The topological polar surface area (TPSA) is 58.4 Å². The minimum Gasteiger partial charge on any atom is -0.370 e. The summed E-state index contributed by atoms with van der Waals surface area (Å²) in [6.07, 6.45) is 9.23. The van der Waals surface area contributed by atoms with E-state index >= 15 is 0 Å². The lowest BCUT2D eigenvalue weighted by Gasteiger charge is -2.30. The number of piperidine rings is 1. The number of fused-ring (bicyclic) bond motifs is 1. The first-order chi connectivity index (χ1) is 14.3. The number of nitrogens with zero attached hydrogens (tertiary/aromatic N) is 5. The van der Waals surface area contributed by atoms with Gasteiger partial charge in [0.15, 0.2) is 0 Å². The molecule has 0 aliphatic carbocycles. The Labute approximate surface area is 174 Å². The SMILES string of the molecule is Clc1ccccc1-c1ccc2cnc(Nc3cnccc3N3CCCCC3)n2n1. The van der Waals surface area contributed by atoms with Crippen LogP contribution in [0.5, 0.6) is 0 Å². The molecule has 6 nitrogen and oxygen atoms in total. The van der Waals surface area contributed by atoms with Gasteiger partial charge in [-0.05, 0) is 43.5 Å². The van der Waals surface area contributed by atoms with Gasteiger partial charge in [-0.1, -0.05) is 29.8 Å². The summed E-state index contributed by atoms with van der Waals surface area (Å²) in [4.78, 5) is 11.3. The van der Waals surface area contributed by atoms with Crippen molar-refractivity contribution in [1.82, 2.24) is 19.6 Å². The molecule has 1 fully saturated rings. The molecule has 1 aliphatic rings. The van der Waals surface area contributed by atoms with E-state index in [0.29, 0.717) is 11.0 Å². The summed E-state index contributed by atoms with van der Waals surface area (Å²) in [5, 5.41) is 8.89. The number of hydrogen-bond acceptors (Lipinski definition) is 5. The Morgan fingerprint density at radius 3 is 2.66 bits per heavy atom. The van der Waals surface area contributed by atoms with E-state index in [9.17, 15) is 0 Å². The average Bonchev–Trinajstić information content (AvgIpc) is 3.17. The summed E-state index contributed by atoms with van der Waals surface area (Å²) in [6.45, 7) is 2.13. The zero-order valence-electron chi connectivity index (χ0n) is 15.9.